The van der Waals surface area contributed by atoms with Gasteiger partial charge in [0, 0.05) is 25.1 Å². The number of rotatable bonds is 8. The Labute approximate surface area is 222 Å². The highest BCUT2D eigenvalue weighted by atomic mass is 32.2. The Bertz CT molecular complexity index is 1530. The van der Waals surface area contributed by atoms with E-state index < -0.39 is 10.0 Å². The van der Waals surface area contributed by atoms with Crippen molar-refractivity contribution in [3.05, 3.63) is 99.7 Å². The van der Waals surface area contributed by atoms with Gasteiger partial charge in [-0.15, -0.1) is 11.3 Å². The molecule has 0 bridgehead atoms. The predicted molar refractivity (Wildman–Crippen MR) is 147 cm³/mol. The molecule has 2 heterocycles. The van der Waals surface area contributed by atoms with Gasteiger partial charge in [-0.3, -0.25) is 4.79 Å². The van der Waals surface area contributed by atoms with Gasteiger partial charge >= 0.3 is 0 Å². The highest BCUT2D eigenvalue weighted by Gasteiger charge is 2.36. The second-order valence-corrected chi connectivity index (χ2v) is 12.2. The zero-order valence-electron chi connectivity index (χ0n) is 21.0. The van der Waals surface area contributed by atoms with Crippen molar-refractivity contribution in [1.29, 1.82) is 0 Å². The summed E-state index contributed by atoms with van der Waals surface area (Å²) < 4.78 is 34.0. The Morgan fingerprint density at radius 1 is 1.03 bits per heavy atom. The quantitative estimate of drug-likeness (QED) is 0.318. The summed E-state index contributed by atoms with van der Waals surface area (Å²) >= 11 is 1.71. The van der Waals surface area contributed by atoms with E-state index in [9.17, 15) is 13.2 Å². The highest BCUT2D eigenvalue weighted by Crippen LogP contribution is 2.39. The summed E-state index contributed by atoms with van der Waals surface area (Å²) in [4.78, 5) is 17.2. The number of sulfonamides is 1. The van der Waals surface area contributed by atoms with E-state index in [1.807, 2.05) is 54.3 Å². The van der Waals surface area contributed by atoms with E-state index in [0.717, 1.165) is 33.9 Å². The van der Waals surface area contributed by atoms with Gasteiger partial charge in [0.1, 0.15) is 0 Å². The van der Waals surface area contributed by atoms with Crippen LogP contribution in [0.3, 0.4) is 0 Å². The van der Waals surface area contributed by atoms with Crippen LogP contribution < -0.4 is 0 Å². The lowest BCUT2D eigenvalue weighted by molar-refractivity contribution is -0.133. The number of carbonyl (C=O) groups is 1. The molecule has 0 radical (unpaired) electrons. The van der Waals surface area contributed by atoms with Crippen molar-refractivity contribution in [3.8, 4) is 0 Å². The molecule has 0 fully saturated rings. The Balaban J connectivity index is 1.48. The average Bonchev–Trinajstić information content (AvgIpc) is 3.39. The Hall–Kier alpha value is -3.04. The van der Waals surface area contributed by atoms with Crippen LogP contribution >= 0.6 is 11.3 Å². The number of aryl methyl sites for hydroxylation is 1. The van der Waals surface area contributed by atoms with Gasteiger partial charge in [-0.25, -0.2) is 8.42 Å². The SMILES string of the molecule is COCCN(CC(=O)N1CCc2sccc2[C@@H]1c1ccccc1C)S(=O)(=O)c1ccc2ccccc2c1. The molecule has 0 aliphatic carbocycles. The van der Waals surface area contributed by atoms with Crippen molar-refractivity contribution in [1.82, 2.24) is 9.21 Å². The summed E-state index contributed by atoms with van der Waals surface area (Å²) in [6.45, 7) is 2.62. The molecule has 1 aromatic heterocycles. The maximum absolute atomic E-state index is 13.9. The van der Waals surface area contributed by atoms with Crippen molar-refractivity contribution in [2.45, 2.75) is 24.3 Å². The summed E-state index contributed by atoms with van der Waals surface area (Å²) in [6.07, 6.45) is 0.761. The van der Waals surface area contributed by atoms with Crippen LogP contribution in [0.4, 0.5) is 0 Å². The van der Waals surface area contributed by atoms with Crippen LogP contribution in [0.2, 0.25) is 0 Å². The summed E-state index contributed by atoms with van der Waals surface area (Å²) in [6, 6.07) is 22.6. The monoisotopic (exact) mass is 534 g/mol. The topological polar surface area (TPSA) is 66.9 Å². The van der Waals surface area contributed by atoms with E-state index in [1.165, 1.54) is 16.3 Å². The molecular weight excluding hydrogens is 504 g/mol. The minimum absolute atomic E-state index is 0.0873. The molecule has 5 rings (SSSR count). The molecule has 4 aromatic rings. The summed E-state index contributed by atoms with van der Waals surface area (Å²) in [5.74, 6) is -0.217. The third-order valence-corrected chi connectivity index (χ3v) is 9.82. The average molecular weight is 535 g/mol. The molecular formula is C29H30N2O4S2. The van der Waals surface area contributed by atoms with Crippen molar-refractivity contribution in [2.24, 2.45) is 0 Å². The van der Waals surface area contributed by atoms with Crippen LogP contribution in [0.25, 0.3) is 10.8 Å². The first-order chi connectivity index (χ1) is 17.9. The van der Waals surface area contributed by atoms with Gasteiger partial charge in [0.25, 0.3) is 0 Å². The molecule has 6 nitrogen and oxygen atoms in total. The molecule has 1 aliphatic rings. The Morgan fingerprint density at radius 2 is 1.78 bits per heavy atom. The molecule has 0 saturated heterocycles. The third kappa shape index (κ3) is 5.07. The van der Waals surface area contributed by atoms with Gasteiger partial charge < -0.3 is 9.64 Å². The fourth-order valence-corrected chi connectivity index (χ4v) is 7.32. The largest absolute Gasteiger partial charge is 0.383 e. The van der Waals surface area contributed by atoms with E-state index in [4.69, 9.17) is 4.74 Å². The van der Waals surface area contributed by atoms with Crippen LogP contribution in [0.15, 0.2) is 83.1 Å². The molecule has 1 atom stereocenters. The van der Waals surface area contributed by atoms with Crippen LogP contribution in [0.5, 0.6) is 0 Å². The minimum atomic E-state index is -3.93. The fourth-order valence-electron chi connectivity index (χ4n) is 5.01. The van der Waals surface area contributed by atoms with Crippen molar-refractivity contribution in [2.75, 3.05) is 33.4 Å². The van der Waals surface area contributed by atoms with E-state index in [-0.39, 0.29) is 36.5 Å². The number of thiophene rings is 1. The number of methoxy groups -OCH3 is 1. The Kier molecular flexibility index (Phi) is 7.44. The second-order valence-electron chi connectivity index (χ2n) is 9.24. The van der Waals surface area contributed by atoms with Crippen molar-refractivity contribution in [3.63, 3.8) is 0 Å². The summed E-state index contributed by atoms with van der Waals surface area (Å²) in [5, 5.41) is 3.86. The molecule has 37 heavy (non-hydrogen) atoms. The van der Waals surface area contributed by atoms with Gasteiger partial charge in [0.05, 0.1) is 24.1 Å². The van der Waals surface area contributed by atoms with Gasteiger partial charge in [-0.1, -0.05) is 54.6 Å². The van der Waals surface area contributed by atoms with Crippen molar-refractivity contribution < 1.29 is 17.9 Å². The number of benzene rings is 3. The third-order valence-electron chi connectivity index (χ3n) is 6.98. The van der Waals surface area contributed by atoms with E-state index in [0.29, 0.717) is 6.54 Å². The van der Waals surface area contributed by atoms with E-state index >= 15 is 0 Å². The number of fused-ring (bicyclic) bond motifs is 2. The second kappa shape index (κ2) is 10.8. The minimum Gasteiger partial charge on any atom is -0.383 e. The first-order valence-corrected chi connectivity index (χ1v) is 14.6. The fraction of sp³-hybridized carbons (Fsp3) is 0.276. The normalized spacial score (nSPS) is 15.8. The summed E-state index contributed by atoms with van der Waals surface area (Å²) in [5.41, 5.74) is 3.29. The van der Waals surface area contributed by atoms with Gasteiger partial charge in [-0.2, -0.15) is 4.31 Å². The number of hydrogen-bond acceptors (Lipinski definition) is 5. The molecule has 1 amide bonds. The number of nitrogens with zero attached hydrogens (tertiary/aromatic N) is 2. The zero-order chi connectivity index (χ0) is 26.0. The first kappa shape index (κ1) is 25.6. The van der Waals surface area contributed by atoms with E-state index in [2.05, 4.69) is 17.5 Å². The number of ether oxygens (including phenoxy) is 1. The first-order valence-electron chi connectivity index (χ1n) is 12.3. The highest BCUT2D eigenvalue weighted by molar-refractivity contribution is 7.89. The maximum atomic E-state index is 13.9. The molecule has 0 saturated carbocycles. The molecule has 0 spiro atoms. The molecule has 1 aliphatic heterocycles. The summed E-state index contributed by atoms with van der Waals surface area (Å²) in [7, 11) is -2.40. The lowest BCUT2D eigenvalue weighted by Gasteiger charge is -2.38. The molecule has 3 aromatic carbocycles. The molecule has 192 valence electrons. The molecule has 8 heteroatoms. The van der Waals surface area contributed by atoms with Gasteiger partial charge in [0.2, 0.25) is 15.9 Å². The number of carbonyl (C=O) groups excluding carboxylic acids is 1. The number of amides is 1. The van der Waals surface area contributed by atoms with Crippen LogP contribution in [-0.4, -0.2) is 56.9 Å². The van der Waals surface area contributed by atoms with Gasteiger partial charge in [0.15, 0.2) is 0 Å². The zero-order valence-corrected chi connectivity index (χ0v) is 22.6. The maximum Gasteiger partial charge on any atom is 0.243 e. The lowest BCUT2D eigenvalue weighted by Crippen LogP contribution is -2.47. The lowest BCUT2D eigenvalue weighted by atomic mass is 9.90. The van der Waals surface area contributed by atoms with Crippen LogP contribution in [0, 0.1) is 6.92 Å². The number of hydrogen-bond donors (Lipinski definition) is 0. The standard InChI is InChI=1S/C29H30N2O4S2/c1-21-7-3-6-10-25(21)29-26-14-18-36-27(26)13-15-31(29)28(32)20-30(16-17-35-2)37(33,34)24-12-11-22-8-4-5-9-23(22)19-24/h3-12,14,18-19,29H,13,15-17,20H2,1-2H3/t29-/m0/s1. The predicted octanol–water partition coefficient (Wildman–Crippen LogP) is 5.02. The Morgan fingerprint density at radius 3 is 2.57 bits per heavy atom. The smallest absolute Gasteiger partial charge is 0.243 e. The molecule has 0 N–H and O–H groups in total. The van der Waals surface area contributed by atoms with Crippen LogP contribution in [-0.2, 0) is 26.0 Å². The van der Waals surface area contributed by atoms with Crippen molar-refractivity contribution >= 4 is 38.0 Å². The van der Waals surface area contributed by atoms with Crippen LogP contribution in [0.1, 0.15) is 27.6 Å². The van der Waals surface area contributed by atoms with E-state index in [1.54, 1.807) is 29.5 Å². The van der Waals surface area contributed by atoms with Gasteiger partial charge in [-0.05, 0) is 64.4 Å². The molecule has 0 unspecified atom stereocenters.